The van der Waals surface area contributed by atoms with Crippen LogP contribution in [0, 0.1) is 29.7 Å². The molecule has 2 heteroatoms. The summed E-state index contributed by atoms with van der Waals surface area (Å²) in [5, 5.41) is 0. The van der Waals surface area contributed by atoms with Gasteiger partial charge in [0, 0.05) is 5.41 Å². The summed E-state index contributed by atoms with van der Waals surface area (Å²) in [6.07, 6.45) is 1.54. The molecule has 2 heterocycles. The normalized spacial score (nSPS) is 85.2. The van der Waals surface area contributed by atoms with Crippen LogP contribution in [-0.2, 0) is 4.74 Å². The minimum Gasteiger partial charge on any atom is -0.459 e. The number of hydrogen-bond donors (Lipinski definition) is 1. The molecule has 5 fully saturated rings. The van der Waals surface area contributed by atoms with Crippen molar-refractivity contribution in [1.29, 1.82) is 0 Å². The van der Waals surface area contributed by atoms with Gasteiger partial charge in [0.15, 0.2) is 0 Å². The zero-order chi connectivity index (χ0) is 7.72. The van der Waals surface area contributed by atoms with Gasteiger partial charge in [0.25, 0.3) is 0 Å². The minimum atomic E-state index is 0.667. The van der Waals surface area contributed by atoms with E-state index in [0.29, 0.717) is 5.41 Å². The Hall–Kier alpha value is -0.0800. The summed E-state index contributed by atoms with van der Waals surface area (Å²) in [5.41, 5.74) is 1.52. The number of hydrogen-bond acceptors (Lipinski definition) is 1. The van der Waals surface area contributed by atoms with Crippen molar-refractivity contribution < 1.29 is 9.64 Å². The van der Waals surface area contributed by atoms with Gasteiger partial charge in [0.2, 0.25) is 0 Å². The van der Waals surface area contributed by atoms with Crippen molar-refractivity contribution >= 4 is 0 Å². The van der Waals surface area contributed by atoms with Gasteiger partial charge in [-0.15, -0.1) is 0 Å². The van der Waals surface area contributed by atoms with Crippen molar-refractivity contribution in [2.75, 3.05) is 13.2 Å². The smallest absolute Gasteiger partial charge is 0.101 e. The molecular weight excluding hydrogens is 150 g/mol. The van der Waals surface area contributed by atoms with Gasteiger partial charge in [0.05, 0.1) is 24.7 Å². The van der Waals surface area contributed by atoms with Crippen molar-refractivity contribution in [2.24, 2.45) is 22.7 Å². The number of quaternary nitrogens is 1. The third-order valence-electron chi connectivity index (χ3n) is 5.73. The van der Waals surface area contributed by atoms with Crippen LogP contribution in [0.4, 0.5) is 0 Å². The lowest BCUT2D eigenvalue weighted by molar-refractivity contribution is -0.994. The highest BCUT2D eigenvalue weighted by atomic mass is 16.5. The molecule has 7 unspecified atom stereocenters. The predicted molar refractivity (Wildman–Crippen MR) is 41.2 cm³/mol. The Morgan fingerprint density at radius 1 is 1.42 bits per heavy atom. The molecular formula is C10H13NO. The Kier molecular flexibility index (Phi) is 0.525. The van der Waals surface area contributed by atoms with E-state index in [2.05, 4.69) is 7.05 Å². The van der Waals surface area contributed by atoms with Gasteiger partial charge < -0.3 is 9.64 Å². The van der Waals surface area contributed by atoms with Gasteiger partial charge in [0.1, 0.15) is 6.04 Å². The first-order valence-corrected chi connectivity index (χ1v) is 5.10. The molecule has 0 aromatic rings. The van der Waals surface area contributed by atoms with Gasteiger partial charge in [-0.25, -0.2) is 0 Å². The average Bonchev–Trinajstić information content (AvgIpc) is 2.77. The third-order valence-corrected chi connectivity index (χ3v) is 5.73. The lowest BCUT2D eigenvalue weighted by Crippen LogP contribution is -3.30. The fourth-order valence-electron chi connectivity index (χ4n) is 5.36. The molecule has 64 valence electrons. The summed E-state index contributed by atoms with van der Waals surface area (Å²) in [7, 11) is 4.25. The van der Waals surface area contributed by atoms with Crippen molar-refractivity contribution in [3.8, 4) is 0 Å². The van der Waals surface area contributed by atoms with Crippen molar-refractivity contribution in [3.05, 3.63) is 7.05 Å². The van der Waals surface area contributed by atoms with E-state index in [9.17, 15) is 0 Å². The minimum absolute atomic E-state index is 0.667. The number of piperidine rings is 1. The van der Waals surface area contributed by atoms with Crippen molar-refractivity contribution in [1.82, 2.24) is 0 Å². The Morgan fingerprint density at radius 2 is 2.33 bits per heavy atom. The van der Waals surface area contributed by atoms with Gasteiger partial charge in [-0.3, -0.25) is 0 Å². The molecule has 7 atom stereocenters. The van der Waals surface area contributed by atoms with Crippen LogP contribution >= 0.6 is 0 Å². The topological polar surface area (TPSA) is 13.7 Å². The second-order valence-electron chi connectivity index (χ2n) is 5.59. The summed E-state index contributed by atoms with van der Waals surface area (Å²) in [6, 6.07) is 1.71. The van der Waals surface area contributed by atoms with Crippen LogP contribution in [-0.4, -0.2) is 25.3 Å². The molecule has 3 aliphatic carbocycles. The first kappa shape index (κ1) is 5.61. The predicted octanol–water partition coefficient (Wildman–Crippen LogP) is -0.920. The molecule has 0 amide bonds. The number of likely N-dealkylation sites (tertiary alicyclic amines) is 1. The van der Waals surface area contributed by atoms with E-state index >= 15 is 0 Å². The highest BCUT2D eigenvalue weighted by molar-refractivity contribution is 5.47. The highest BCUT2D eigenvalue weighted by Gasteiger charge is 3.04. The SMILES string of the molecule is [CH2-][NH+]1C2COCC23C2C4CC42C13. The maximum Gasteiger partial charge on any atom is 0.101 e. The molecule has 1 N–H and O–H groups in total. The number of fused-ring (bicyclic) bond motifs is 1. The van der Waals surface area contributed by atoms with Gasteiger partial charge in [-0.1, -0.05) is 0 Å². The Balaban J connectivity index is 1.70. The summed E-state index contributed by atoms with van der Waals surface area (Å²) >= 11 is 0. The molecule has 0 radical (unpaired) electrons. The highest BCUT2D eigenvalue weighted by Crippen LogP contribution is 2.97. The monoisotopic (exact) mass is 163 g/mol. The molecule has 0 aromatic heterocycles. The number of ether oxygens (including phenoxy) is 1. The molecule has 2 spiro atoms. The number of nitrogens with one attached hydrogen (secondary N) is 1. The van der Waals surface area contributed by atoms with E-state index in [1.54, 1.807) is 4.90 Å². The first-order valence-electron chi connectivity index (χ1n) is 5.10. The van der Waals surface area contributed by atoms with E-state index in [-0.39, 0.29) is 0 Å². The van der Waals surface area contributed by atoms with Crippen LogP contribution in [0.1, 0.15) is 6.42 Å². The van der Waals surface area contributed by atoms with Gasteiger partial charge in [-0.05, 0) is 18.3 Å². The molecule has 0 aromatic carbocycles. The van der Waals surface area contributed by atoms with Crippen LogP contribution in [0.5, 0.6) is 0 Å². The van der Waals surface area contributed by atoms with E-state index in [0.717, 1.165) is 42.5 Å². The van der Waals surface area contributed by atoms with Gasteiger partial charge >= 0.3 is 0 Å². The van der Waals surface area contributed by atoms with Crippen LogP contribution in [0.2, 0.25) is 0 Å². The van der Waals surface area contributed by atoms with Crippen LogP contribution in [0.15, 0.2) is 0 Å². The Bertz CT molecular complexity index is 317. The second kappa shape index (κ2) is 1.12. The van der Waals surface area contributed by atoms with Gasteiger partial charge in [-0.2, -0.15) is 7.05 Å². The van der Waals surface area contributed by atoms with E-state index in [1.807, 2.05) is 0 Å². The zero-order valence-electron chi connectivity index (χ0n) is 7.05. The molecule has 2 saturated heterocycles. The lowest BCUT2D eigenvalue weighted by atomic mass is 9.48. The summed E-state index contributed by atoms with van der Waals surface area (Å²) in [6.45, 7) is 2.07. The lowest BCUT2D eigenvalue weighted by Gasteiger charge is -2.68. The molecule has 3 saturated carbocycles. The molecule has 2 aliphatic heterocycles. The van der Waals surface area contributed by atoms with E-state index in [4.69, 9.17) is 4.74 Å². The van der Waals surface area contributed by atoms with Crippen LogP contribution in [0.25, 0.3) is 0 Å². The zero-order valence-corrected chi connectivity index (χ0v) is 7.05. The summed E-state index contributed by atoms with van der Waals surface area (Å²) in [5.74, 6) is 2.24. The Labute approximate surface area is 71.9 Å². The molecule has 2 nitrogen and oxygen atoms in total. The fourth-order valence-corrected chi connectivity index (χ4v) is 5.36. The first-order chi connectivity index (χ1) is 5.83. The quantitative estimate of drug-likeness (QED) is 0.456. The van der Waals surface area contributed by atoms with Crippen molar-refractivity contribution in [3.63, 3.8) is 0 Å². The molecule has 0 bridgehead atoms. The second-order valence-corrected chi connectivity index (χ2v) is 5.59. The van der Waals surface area contributed by atoms with E-state index < -0.39 is 0 Å². The molecule has 5 rings (SSSR count). The van der Waals surface area contributed by atoms with Crippen LogP contribution < -0.4 is 4.90 Å². The summed E-state index contributed by atoms with van der Waals surface area (Å²) in [4.78, 5) is 1.56. The molecule has 12 heavy (non-hydrogen) atoms. The van der Waals surface area contributed by atoms with E-state index in [1.165, 1.54) is 6.42 Å². The average molecular weight is 163 g/mol. The van der Waals surface area contributed by atoms with Crippen LogP contribution in [0.3, 0.4) is 0 Å². The van der Waals surface area contributed by atoms with Crippen molar-refractivity contribution in [2.45, 2.75) is 18.5 Å². The standard InChI is InChI=1S/C10H13NO/c1-11-6-3-12-4-10(6)7-5-2-9(5,7)8(10)11/h5-8,11H,1-4H2. The fraction of sp³-hybridized carbons (Fsp3) is 0.900. The number of rotatable bonds is 0. The largest absolute Gasteiger partial charge is 0.459 e. The maximum atomic E-state index is 5.63. The summed E-state index contributed by atoms with van der Waals surface area (Å²) < 4.78 is 5.63. The Morgan fingerprint density at radius 3 is 3.17 bits per heavy atom. The maximum absolute atomic E-state index is 5.63. The third kappa shape index (κ3) is 0.252. The molecule has 5 aliphatic rings.